The van der Waals surface area contributed by atoms with Gasteiger partial charge in [0.15, 0.2) is 11.6 Å². The maximum Gasteiger partial charge on any atom is 0.186 e. The molecule has 0 bridgehead atoms. The lowest BCUT2D eigenvalue weighted by Gasteiger charge is -2.17. The Hall–Kier alpha value is -2.01. The third kappa shape index (κ3) is 3.51. The van der Waals surface area contributed by atoms with Gasteiger partial charge in [0.1, 0.15) is 6.33 Å². The molecule has 0 aliphatic heterocycles. The van der Waals surface area contributed by atoms with E-state index in [9.17, 15) is 9.50 Å². The molecule has 2 N–H and O–H groups in total. The highest BCUT2D eigenvalue weighted by Gasteiger charge is 2.14. The molecule has 1 unspecified atom stereocenters. The molecule has 0 spiro atoms. The SMILES string of the molecule is CCc1ncnc(NC(CO)Cc2ccccc2)c1F. The topological polar surface area (TPSA) is 58.0 Å². The van der Waals surface area contributed by atoms with Crippen LogP contribution in [0.25, 0.3) is 0 Å². The monoisotopic (exact) mass is 275 g/mol. The first-order valence-corrected chi connectivity index (χ1v) is 6.65. The molecular weight excluding hydrogens is 257 g/mol. The van der Waals surface area contributed by atoms with Crippen molar-refractivity contribution in [2.75, 3.05) is 11.9 Å². The first kappa shape index (κ1) is 14.4. The first-order chi connectivity index (χ1) is 9.74. The molecule has 0 saturated carbocycles. The van der Waals surface area contributed by atoms with Gasteiger partial charge >= 0.3 is 0 Å². The maximum absolute atomic E-state index is 14.0. The van der Waals surface area contributed by atoms with E-state index in [-0.39, 0.29) is 18.5 Å². The number of anilines is 1. The van der Waals surface area contributed by atoms with E-state index in [2.05, 4.69) is 15.3 Å². The van der Waals surface area contributed by atoms with Gasteiger partial charge in [0.25, 0.3) is 0 Å². The molecule has 2 rings (SSSR count). The van der Waals surface area contributed by atoms with Gasteiger partial charge in [0.05, 0.1) is 18.3 Å². The van der Waals surface area contributed by atoms with Gasteiger partial charge in [-0.2, -0.15) is 0 Å². The minimum absolute atomic E-state index is 0.0974. The van der Waals surface area contributed by atoms with Gasteiger partial charge in [-0.05, 0) is 18.4 Å². The van der Waals surface area contributed by atoms with Gasteiger partial charge < -0.3 is 10.4 Å². The molecule has 0 radical (unpaired) electrons. The Morgan fingerprint density at radius 2 is 2.00 bits per heavy atom. The molecule has 2 aromatic rings. The van der Waals surface area contributed by atoms with Crippen LogP contribution < -0.4 is 5.32 Å². The fourth-order valence-corrected chi connectivity index (χ4v) is 2.01. The Bertz CT molecular complexity index is 548. The van der Waals surface area contributed by atoms with Crippen molar-refractivity contribution >= 4 is 5.82 Å². The van der Waals surface area contributed by atoms with Crippen LogP contribution in [-0.4, -0.2) is 27.7 Å². The van der Waals surface area contributed by atoms with Crippen LogP contribution in [0.4, 0.5) is 10.2 Å². The minimum Gasteiger partial charge on any atom is -0.394 e. The Morgan fingerprint density at radius 1 is 1.25 bits per heavy atom. The Labute approximate surface area is 117 Å². The summed E-state index contributed by atoms with van der Waals surface area (Å²) in [5.74, 6) is -0.298. The number of benzene rings is 1. The van der Waals surface area contributed by atoms with E-state index >= 15 is 0 Å². The number of halogens is 1. The molecule has 0 amide bonds. The van der Waals surface area contributed by atoms with Crippen LogP contribution in [0.15, 0.2) is 36.7 Å². The van der Waals surface area contributed by atoms with Crippen LogP contribution in [0.3, 0.4) is 0 Å². The van der Waals surface area contributed by atoms with Crippen molar-refractivity contribution in [2.45, 2.75) is 25.8 Å². The zero-order valence-electron chi connectivity index (χ0n) is 11.4. The Kier molecular flexibility index (Phi) is 5.01. The fraction of sp³-hybridized carbons (Fsp3) is 0.333. The standard InChI is InChI=1S/C15H18FN3O/c1-2-13-14(16)15(18-10-17-13)19-12(9-20)8-11-6-4-3-5-7-11/h3-7,10,12,20H,2,8-9H2,1H3,(H,17,18,19). The van der Waals surface area contributed by atoms with E-state index in [0.29, 0.717) is 18.5 Å². The lowest BCUT2D eigenvalue weighted by Crippen LogP contribution is -2.27. The summed E-state index contributed by atoms with van der Waals surface area (Å²) in [5.41, 5.74) is 1.45. The molecule has 1 atom stereocenters. The third-order valence-electron chi connectivity index (χ3n) is 3.08. The molecule has 1 aromatic carbocycles. The number of aryl methyl sites for hydroxylation is 1. The van der Waals surface area contributed by atoms with Crippen molar-refractivity contribution < 1.29 is 9.50 Å². The maximum atomic E-state index is 14.0. The van der Waals surface area contributed by atoms with Gasteiger partial charge in [-0.1, -0.05) is 37.3 Å². The lowest BCUT2D eigenvalue weighted by molar-refractivity contribution is 0.273. The Balaban J connectivity index is 2.10. The summed E-state index contributed by atoms with van der Waals surface area (Å²) in [4.78, 5) is 7.79. The van der Waals surface area contributed by atoms with E-state index in [0.717, 1.165) is 5.56 Å². The molecule has 0 fully saturated rings. The number of aliphatic hydroxyl groups is 1. The van der Waals surface area contributed by atoms with Gasteiger partial charge in [0.2, 0.25) is 0 Å². The van der Waals surface area contributed by atoms with Crippen LogP contribution in [0.5, 0.6) is 0 Å². The minimum atomic E-state index is -0.443. The van der Waals surface area contributed by atoms with Crippen molar-refractivity contribution in [1.29, 1.82) is 0 Å². The summed E-state index contributed by atoms with van der Waals surface area (Å²) in [6, 6.07) is 9.46. The smallest absolute Gasteiger partial charge is 0.186 e. The number of nitrogens with one attached hydrogen (secondary N) is 1. The van der Waals surface area contributed by atoms with E-state index in [4.69, 9.17) is 0 Å². The molecular formula is C15H18FN3O. The molecule has 0 saturated heterocycles. The van der Waals surface area contributed by atoms with Gasteiger partial charge in [-0.3, -0.25) is 0 Å². The molecule has 5 heteroatoms. The van der Waals surface area contributed by atoms with Crippen LogP contribution >= 0.6 is 0 Å². The summed E-state index contributed by atoms with van der Waals surface area (Å²) in [6.45, 7) is 1.74. The highest BCUT2D eigenvalue weighted by Crippen LogP contribution is 2.15. The van der Waals surface area contributed by atoms with Crippen molar-refractivity contribution in [3.8, 4) is 0 Å². The second-order valence-electron chi connectivity index (χ2n) is 4.55. The highest BCUT2D eigenvalue weighted by molar-refractivity contribution is 5.39. The normalized spacial score (nSPS) is 12.2. The number of nitrogens with zero attached hydrogens (tertiary/aromatic N) is 2. The highest BCUT2D eigenvalue weighted by atomic mass is 19.1. The van der Waals surface area contributed by atoms with Gasteiger partial charge in [0, 0.05) is 0 Å². The predicted molar refractivity (Wildman–Crippen MR) is 76.0 cm³/mol. The van der Waals surface area contributed by atoms with Crippen molar-refractivity contribution in [2.24, 2.45) is 0 Å². The second kappa shape index (κ2) is 6.96. The zero-order valence-corrected chi connectivity index (χ0v) is 11.4. The second-order valence-corrected chi connectivity index (χ2v) is 4.55. The van der Waals surface area contributed by atoms with Crippen LogP contribution in [0, 0.1) is 5.82 Å². The predicted octanol–water partition coefficient (Wildman–Crippen LogP) is 2.19. The number of rotatable bonds is 6. The summed E-state index contributed by atoms with van der Waals surface area (Å²) < 4.78 is 14.0. The number of aliphatic hydroxyl groups excluding tert-OH is 1. The average Bonchev–Trinajstić information content (AvgIpc) is 2.49. The first-order valence-electron chi connectivity index (χ1n) is 6.65. The molecule has 0 aliphatic rings. The molecule has 1 aromatic heterocycles. The lowest BCUT2D eigenvalue weighted by atomic mass is 10.1. The summed E-state index contributed by atoms with van der Waals surface area (Å²) in [6.07, 6.45) is 2.44. The quantitative estimate of drug-likeness (QED) is 0.848. The molecule has 4 nitrogen and oxygen atoms in total. The van der Waals surface area contributed by atoms with Crippen LogP contribution in [0.2, 0.25) is 0 Å². The number of hydrogen-bond acceptors (Lipinski definition) is 4. The van der Waals surface area contributed by atoms with Gasteiger partial charge in [-0.25, -0.2) is 14.4 Å². The van der Waals surface area contributed by atoms with E-state index < -0.39 is 5.82 Å². The fourth-order valence-electron chi connectivity index (χ4n) is 2.01. The number of aromatic nitrogens is 2. The summed E-state index contributed by atoms with van der Waals surface area (Å²) in [5, 5.41) is 12.4. The molecule has 106 valence electrons. The third-order valence-corrected chi connectivity index (χ3v) is 3.08. The van der Waals surface area contributed by atoms with Crippen molar-refractivity contribution in [3.63, 3.8) is 0 Å². The van der Waals surface area contributed by atoms with Crippen LogP contribution in [0.1, 0.15) is 18.2 Å². The molecule has 0 aliphatic carbocycles. The summed E-state index contributed by atoms with van der Waals surface area (Å²) in [7, 11) is 0. The van der Waals surface area contributed by atoms with Crippen molar-refractivity contribution in [3.05, 3.63) is 53.7 Å². The molecule has 1 heterocycles. The number of hydrogen-bond donors (Lipinski definition) is 2. The summed E-state index contributed by atoms with van der Waals surface area (Å²) >= 11 is 0. The zero-order chi connectivity index (χ0) is 14.4. The van der Waals surface area contributed by atoms with Crippen LogP contribution in [-0.2, 0) is 12.8 Å². The van der Waals surface area contributed by atoms with Crippen molar-refractivity contribution in [1.82, 2.24) is 9.97 Å². The largest absolute Gasteiger partial charge is 0.394 e. The van der Waals surface area contributed by atoms with E-state index in [1.165, 1.54) is 6.33 Å². The van der Waals surface area contributed by atoms with E-state index in [1.54, 1.807) is 0 Å². The molecule has 20 heavy (non-hydrogen) atoms. The van der Waals surface area contributed by atoms with E-state index in [1.807, 2.05) is 37.3 Å². The Morgan fingerprint density at radius 3 is 2.65 bits per heavy atom. The van der Waals surface area contributed by atoms with Gasteiger partial charge in [-0.15, -0.1) is 0 Å². The average molecular weight is 275 g/mol.